The fraction of sp³-hybridized carbons (Fsp3) is 0.148. The average Bonchev–Trinajstić information content (AvgIpc) is 3.64. The van der Waals surface area contributed by atoms with Crippen LogP contribution >= 0.6 is 11.3 Å². The van der Waals surface area contributed by atoms with Crippen LogP contribution in [-0.2, 0) is 6.54 Å². The van der Waals surface area contributed by atoms with Gasteiger partial charge in [-0.3, -0.25) is 19.9 Å². The van der Waals surface area contributed by atoms with E-state index in [1.54, 1.807) is 6.92 Å². The van der Waals surface area contributed by atoms with Gasteiger partial charge in [0.05, 0.1) is 28.0 Å². The third kappa shape index (κ3) is 3.98. The molecule has 178 valence electrons. The van der Waals surface area contributed by atoms with Gasteiger partial charge in [-0.25, -0.2) is 4.98 Å². The molecule has 0 unspecified atom stereocenters. The minimum absolute atomic E-state index is 0.0655. The number of aromatic amines is 2. The largest absolute Gasteiger partial charge is 0.352 e. The summed E-state index contributed by atoms with van der Waals surface area (Å²) in [7, 11) is 0. The number of ketones is 1. The van der Waals surface area contributed by atoms with Crippen molar-refractivity contribution in [3.63, 3.8) is 0 Å². The molecular formula is C27H23N7OS. The Labute approximate surface area is 210 Å². The fourth-order valence-electron chi connectivity index (χ4n) is 4.33. The molecule has 8 nitrogen and oxygen atoms in total. The van der Waals surface area contributed by atoms with Crippen molar-refractivity contribution in [1.29, 1.82) is 0 Å². The summed E-state index contributed by atoms with van der Waals surface area (Å²) in [4.78, 5) is 30.4. The van der Waals surface area contributed by atoms with Gasteiger partial charge in [-0.2, -0.15) is 5.10 Å². The van der Waals surface area contributed by atoms with Crippen molar-refractivity contribution in [1.82, 2.24) is 35.5 Å². The van der Waals surface area contributed by atoms with Crippen molar-refractivity contribution in [3.8, 4) is 33.0 Å². The normalized spacial score (nSPS) is 11.5. The van der Waals surface area contributed by atoms with Crippen molar-refractivity contribution in [3.05, 3.63) is 71.8 Å². The number of thiophene rings is 1. The van der Waals surface area contributed by atoms with Gasteiger partial charge in [-0.15, -0.1) is 11.3 Å². The van der Waals surface area contributed by atoms with E-state index in [0.717, 1.165) is 72.8 Å². The number of Topliss-reactive ketones (excluding diaryl/α,β-unsaturated/α-hetero) is 1. The van der Waals surface area contributed by atoms with E-state index in [2.05, 4.69) is 60.6 Å². The predicted octanol–water partition coefficient (Wildman–Crippen LogP) is 5.60. The van der Waals surface area contributed by atoms with Crippen molar-refractivity contribution < 1.29 is 4.79 Å². The molecule has 0 aliphatic rings. The Kier molecular flexibility index (Phi) is 5.63. The number of nitrogens with zero attached hydrogens (tertiary/aromatic N) is 4. The highest BCUT2D eigenvalue weighted by Gasteiger charge is 2.16. The van der Waals surface area contributed by atoms with Gasteiger partial charge in [0.1, 0.15) is 0 Å². The quantitative estimate of drug-likeness (QED) is 0.249. The molecule has 3 N–H and O–H groups in total. The van der Waals surface area contributed by atoms with Gasteiger partial charge in [-0.1, -0.05) is 6.92 Å². The van der Waals surface area contributed by atoms with Crippen LogP contribution in [0.5, 0.6) is 0 Å². The third-order valence-electron chi connectivity index (χ3n) is 6.15. The Morgan fingerprint density at radius 1 is 1.00 bits per heavy atom. The highest BCUT2D eigenvalue weighted by molar-refractivity contribution is 7.17. The lowest BCUT2D eigenvalue weighted by Gasteiger charge is -2.05. The molecule has 6 heterocycles. The van der Waals surface area contributed by atoms with Crippen molar-refractivity contribution >= 4 is 39.1 Å². The molecule has 6 aromatic heterocycles. The number of carbonyl (C=O) groups is 1. The Balaban J connectivity index is 1.42. The van der Waals surface area contributed by atoms with Crippen LogP contribution in [0.3, 0.4) is 0 Å². The number of rotatable bonds is 7. The summed E-state index contributed by atoms with van der Waals surface area (Å²) < 4.78 is 0. The lowest BCUT2D eigenvalue weighted by Crippen LogP contribution is -2.11. The summed E-state index contributed by atoms with van der Waals surface area (Å²) >= 11 is 1.48. The van der Waals surface area contributed by atoms with E-state index in [4.69, 9.17) is 0 Å². The smallest absolute Gasteiger partial charge is 0.181 e. The minimum Gasteiger partial charge on any atom is -0.352 e. The SMILES string of the molecule is CCNCc1cncc(-c2cnc3n[nH]c(-c4cc5c(-c6ccc(C(C)=O)s6)cncc5[nH]4)c3c2)c1. The first-order valence-corrected chi connectivity index (χ1v) is 12.5. The van der Waals surface area contributed by atoms with Crippen LogP contribution < -0.4 is 5.32 Å². The van der Waals surface area contributed by atoms with Crippen LogP contribution in [0.25, 0.3) is 54.9 Å². The van der Waals surface area contributed by atoms with Crippen molar-refractivity contribution in [2.75, 3.05) is 6.54 Å². The summed E-state index contributed by atoms with van der Waals surface area (Å²) in [5, 5.41) is 12.9. The summed E-state index contributed by atoms with van der Waals surface area (Å²) in [5.74, 6) is 0.0655. The molecule has 6 aromatic rings. The zero-order valence-electron chi connectivity index (χ0n) is 19.8. The van der Waals surface area contributed by atoms with Gasteiger partial charge in [0.15, 0.2) is 11.4 Å². The monoisotopic (exact) mass is 493 g/mol. The molecule has 9 heteroatoms. The van der Waals surface area contributed by atoms with Gasteiger partial charge in [0.25, 0.3) is 0 Å². The van der Waals surface area contributed by atoms with E-state index in [1.807, 2.05) is 43.1 Å². The molecule has 0 fully saturated rings. The van der Waals surface area contributed by atoms with E-state index in [0.29, 0.717) is 5.65 Å². The number of carbonyl (C=O) groups excluding carboxylic acids is 1. The average molecular weight is 494 g/mol. The van der Waals surface area contributed by atoms with Crippen LogP contribution in [0.4, 0.5) is 0 Å². The van der Waals surface area contributed by atoms with E-state index in [9.17, 15) is 4.79 Å². The first-order valence-electron chi connectivity index (χ1n) is 11.7. The maximum Gasteiger partial charge on any atom is 0.181 e. The van der Waals surface area contributed by atoms with Crippen LogP contribution in [-0.4, -0.2) is 42.5 Å². The summed E-state index contributed by atoms with van der Waals surface area (Å²) in [5.41, 5.74) is 7.40. The van der Waals surface area contributed by atoms with Gasteiger partial charge >= 0.3 is 0 Å². The lowest BCUT2D eigenvalue weighted by atomic mass is 10.1. The van der Waals surface area contributed by atoms with Crippen LogP contribution in [0.2, 0.25) is 0 Å². The molecule has 0 aliphatic heterocycles. The van der Waals surface area contributed by atoms with Crippen molar-refractivity contribution in [2.24, 2.45) is 0 Å². The van der Waals surface area contributed by atoms with Crippen LogP contribution in [0.1, 0.15) is 29.1 Å². The Morgan fingerprint density at radius 2 is 1.86 bits per heavy atom. The van der Waals surface area contributed by atoms with Crippen LogP contribution in [0.15, 0.2) is 61.3 Å². The number of hydrogen-bond acceptors (Lipinski definition) is 7. The second-order valence-electron chi connectivity index (χ2n) is 8.61. The standard InChI is InChI=1S/C27H23N7OS/c1-3-28-9-16-6-17(11-29-10-16)18-7-20-26(33-34-27(20)31-12-18)22-8-19-21(13-30-14-23(19)32-22)25-5-4-24(36-25)15(2)35/h4-8,10-14,28,32H,3,9H2,1-2H3,(H,31,33,34). The first kappa shape index (κ1) is 22.3. The molecule has 36 heavy (non-hydrogen) atoms. The maximum absolute atomic E-state index is 11.8. The van der Waals surface area contributed by atoms with Gasteiger partial charge < -0.3 is 10.3 Å². The Morgan fingerprint density at radius 3 is 2.69 bits per heavy atom. The number of H-pyrrole nitrogens is 2. The third-order valence-corrected chi connectivity index (χ3v) is 7.37. The summed E-state index contributed by atoms with van der Waals surface area (Å²) in [6.07, 6.45) is 9.22. The van der Waals surface area contributed by atoms with E-state index in [1.165, 1.54) is 11.3 Å². The van der Waals surface area contributed by atoms with Crippen LogP contribution in [0, 0.1) is 0 Å². The summed E-state index contributed by atoms with van der Waals surface area (Å²) in [6, 6.07) is 10.2. The van der Waals surface area contributed by atoms with Gasteiger partial charge in [-0.05, 0) is 49.4 Å². The number of aromatic nitrogens is 6. The molecule has 0 amide bonds. The Bertz CT molecular complexity index is 1730. The maximum atomic E-state index is 11.8. The second kappa shape index (κ2) is 9.10. The minimum atomic E-state index is 0.0655. The molecule has 0 atom stereocenters. The molecule has 0 aromatic carbocycles. The fourth-order valence-corrected chi connectivity index (χ4v) is 5.25. The first-order chi connectivity index (χ1) is 17.6. The van der Waals surface area contributed by atoms with E-state index in [-0.39, 0.29) is 5.78 Å². The van der Waals surface area contributed by atoms with Gasteiger partial charge in [0, 0.05) is 63.7 Å². The predicted molar refractivity (Wildman–Crippen MR) is 143 cm³/mol. The number of fused-ring (bicyclic) bond motifs is 2. The number of nitrogens with one attached hydrogen (secondary N) is 3. The zero-order valence-corrected chi connectivity index (χ0v) is 20.6. The van der Waals surface area contributed by atoms with E-state index < -0.39 is 0 Å². The summed E-state index contributed by atoms with van der Waals surface area (Å²) in [6.45, 7) is 5.35. The second-order valence-corrected chi connectivity index (χ2v) is 9.69. The Hall–Kier alpha value is -4.21. The number of pyridine rings is 3. The molecule has 0 bridgehead atoms. The molecule has 0 aliphatic carbocycles. The zero-order chi connectivity index (χ0) is 24.6. The topological polar surface area (TPSA) is 112 Å². The lowest BCUT2D eigenvalue weighted by molar-refractivity contribution is 0.102. The van der Waals surface area contributed by atoms with Crippen molar-refractivity contribution in [2.45, 2.75) is 20.4 Å². The molecule has 0 saturated heterocycles. The molecule has 0 saturated carbocycles. The molecule has 6 rings (SSSR count). The molecule has 0 spiro atoms. The molecule has 0 radical (unpaired) electrons. The highest BCUT2D eigenvalue weighted by atomic mass is 32.1. The van der Waals surface area contributed by atoms with E-state index >= 15 is 0 Å². The van der Waals surface area contributed by atoms with Gasteiger partial charge in [0.2, 0.25) is 0 Å². The highest BCUT2D eigenvalue weighted by Crippen LogP contribution is 2.36. The number of hydrogen-bond donors (Lipinski definition) is 3. The molecular weight excluding hydrogens is 470 g/mol.